The summed E-state index contributed by atoms with van der Waals surface area (Å²) >= 11 is 0. The first-order chi connectivity index (χ1) is 12.9. The largest absolute Gasteiger partial charge is 0.505 e. The lowest BCUT2D eigenvalue weighted by molar-refractivity contribution is -0.131. The Kier molecular flexibility index (Phi) is 6.15. The summed E-state index contributed by atoms with van der Waals surface area (Å²) in [6.07, 6.45) is 2.17. The first kappa shape index (κ1) is 19.4. The van der Waals surface area contributed by atoms with Gasteiger partial charge in [-0.05, 0) is 37.5 Å². The Morgan fingerprint density at radius 1 is 1.11 bits per heavy atom. The van der Waals surface area contributed by atoms with E-state index in [1.165, 1.54) is 12.1 Å². The number of likely N-dealkylation sites (tertiary alicyclic amines) is 1. The van der Waals surface area contributed by atoms with E-state index >= 15 is 0 Å². The van der Waals surface area contributed by atoms with E-state index in [9.17, 15) is 19.1 Å². The summed E-state index contributed by atoms with van der Waals surface area (Å²) in [6.45, 7) is 6.33. The van der Waals surface area contributed by atoms with Crippen LogP contribution >= 0.6 is 0 Å². The Morgan fingerprint density at radius 3 is 2.41 bits per heavy atom. The third kappa shape index (κ3) is 4.88. The highest BCUT2D eigenvalue weighted by atomic mass is 19.1. The molecule has 27 heavy (non-hydrogen) atoms. The summed E-state index contributed by atoms with van der Waals surface area (Å²) in [7, 11) is 0. The molecule has 2 fully saturated rings. The number of piperazine rings is 1. The van der Waals surface area contributed by atoms with E-state index in [2.05, 4.69) is 10.2 Å². The number of nitrogens with one attached hydrogen (secondary N) is 1. The minimum atomic E-state index is -0.704. The third-order valence-electron chi connectivity index (χ3n) is 5.29. The zero-order chi connectivity index (χ0) is 19.4. The van der Waals surface area contributed by atoms with Crippen LogP contribution in [0.25, 0.3) is 0 Å². The lowest BCUT2D eigenvalue weighted by Gasteiger charge is -2.35. The van der Waals surface area contributed by atoms with Gasteiger partial charge in [0.1, 0.15) is 0 Å². The molecule has 1 atom stereocenters. The standard InChI is InChI=1S/C19H27FN4O3/c1-14(15-4-5-17(25)16(20)12-15)21-19(27)24-10-8-22(9-11-24)13-18(26)23-6-2-3-7-23/h4-5,12,14,25H,2-3,6-11,13H2,1H3,(H,21,27)/t14-/m0/s1. The summed E-state index contributed by atoms with van der Waals surface area (Å²) in [6, 6.07) is 3.51. The Morgan fingerprint density at radius 2 is 1.78 bits per heavy atom. The van der Waals surface area contributed by atoms with Gasteiger partial charge in [-0.25, -0.2) is 9.18 Å². The van der Waals surface area contributed by atoms with Crippen molar-refractivity contribution >= 4 is 11.9 Å². The smallest absolute Gasteiger partial charge is 0.317 e. The van der Waals surface area contributed by atoms with Gasteiger partial charge in [0.05, 0.1) is 12.6 Å². The average molecular weight is 378 g/mol. The number of hydrogen-bond donors (Lipinski definition) is 2. The molecule has 0 aromatic heterocycles. The van der Waals surface area contributed by atoms with Crippen molar-refractivity contribution in [3.05, 3.63) is 29.6 Å². The van der Waals surface area contributed by atoms with Crippen LogP contribution in [0.5, 0.6) is 5.75 Å². The van der Waals surface area contributed by atoms with Gasteiger partial charge >= 0.3 is 6.03 Å². The van der Waals surface area contributed by atoms with E-state index in [0.29, 0.717) is 38.3 Å². The van der Waals surface area contributed by atoms with Crippen molar-refractivity contribution in [2.24, 2.45) is 0 Å². The van der Waals surface area contributed by atoms with Crippen molar-refractivity contribution in [1.29, 1.82) is 0 Å². The van der Waals surface area contributed by atoms with Gasteiger partial charge in [0.2, 0.25) is 5.91 Å². The Balaban J connectivity index is 1.45. The molecular formula is C19H27FN4O3. The topological polar surface area (TPSA) is 76.1 Å². The number of phenols is 1. The molecule has 1 aromatic carbocycles. The molecule has 0 saturated carbocycles. The second-order valence-corrected chi connectivity index (χ2v) is 7.23. The van der Waals surface area contributed by atoms with Crippen LogP contribution in [0.2, 0.25) is 0 Å². The summed E-state index contributed by atoms with van der Waals surface area (Å²) in [4.78, 5) is 30.4. The molecule has 3 amide bonds. The number of nitrogens with zero attached hydrogens (tertiary/aromatic N) is 3. The minimum absolute atomic E-state index is 0.174. The molecule has 0 aliphatic carbocycles. The first-order valence-electron chi connectivity index (χ1n) is 9.48. The quantitative estimate of drug-likeness (QED) is 0.833. The zero-order valence-electron chi connectivity index (χ0n) is 15.7. The molecule has 2 aliphatic rings. The van der Waals surface area contributed by atoms with Crippen molar-refractivity contribution in [2.45, 2.75) is 25.8 Å². The third-order valence-corrected chi connectivity index (χ3v) is 5.29. The second-order valence-electron chi connectivity index (χ2n) is 7.23. The van der Waals surface area contributed by atoms with Crippen LogP contribution in [0, 0.1) is 5.82 Å². The van der Waals surface area contributed by atoms with Gasteiger partial charge in [-0.2, -0.15) is 0 Å². The highest BCUT2D eigenvalue weighted by molar-refractivity contribution is 5.78. The molecule has 0 unspecified atom stereocenters. The maximum atomic E-state index is 13.5. The number of benzene rings is 1. The van der Waals surface area contributed by atoms with Gasteiger partial charge in [-0.1, -0.05) is 6.07 Å². The summed E-state index contributed by atoms with van der Waals surface area (Å²) in [5.41, 5.74) is 0.591. The van der Waals surface area contributed by atoms with Gasteiger partial charge in [-0.15, -0.1) is 0 Å². The number of hydrogen-bond acceptors (Lipinski definition) is 4. The van der Waals surface area contributed by atoms with Gasteiger partial charge < -0.3 is 20.2 Å². The van der Waals surface area contributed by atoms with E-state index in [1.54, 1.807) is 17.9 Å². The SMILES string of the molecule is C[C@H](NC(=O)N1CCN(CC(=O)N2CCCC2)CC1)c1ccc(O)c(F)c1. The monoisotopic (exact) mass is 378 g/mol. The molecule has 0 bridgehead atoms. The zero-order valence-corrected chi connectivity index (χ0v) is 15.7. The summed E-state index contributed by atoms with van der Waals surface area (Å²) in [5.74, 6) is -0.935. The van der Waals surface area contributed by atoms with Crippen LogP contribution in [0.1, 0.15) is 31.4 Å². The normalized spacial score (nSPS) is 19.2. The van der Waals surface area contributed by atoms with Crippen LogP contribution in [-0.4, -0.2) is 77.6 Å². The van der Waals surface area contributed by atoms with E-state index in [-0.39, 0.29) is 18.0 Å². The van der Waals surface area contributed by atoms with Crippen molar-refractivity contribution in [3.63, 3.8) is 0 Å². The number of carbonyl (C=O) groups is 2. The molecule has 1 aromatic rings. The Labute approximate surface area is 158 Å². The van der Waals surface area contributed by atoms with Crippen molar-refractivity contribution < 1.29 is 19.1 Å². The average Bonchev–Trinajstić information content (AvgIpc) is 3.19. The van der Waals surface area contributed by atoms with E-state index in [4.69, 9.17) is 0 Å². The second kappa shape index (κ2) is 8.56. The molecule has 2 N–H and O–H groups in total. The molecule has 7 nitrogen and oxygen atoms in total. The van der Waals surface area contributed by atoms with Crippen molar-refractivity contribution in [1.82, 2.24) is 20.0 Å². The number of phenolic OH excluding ortho intramolecular Hbond substituents is 1. The Bertz CT molecular complexity index is 686. The molecule has 0 spiro atoms. The minimum Gasteiger partial charge on any atom is -0.505 e. The van der Waals surface area contributed by atoms with Crippen LogP contribution in [0.3, 0.4) is 0 Å². The Hall–Kier alpha value is -2.35. The summed E-state index contributed by atoms with van der Waals surface area (Å²) < 4.78 is 13.5. The van der Waals surface area contributed by atoms with Crippen LogP contribution in [-0.2, 0) is 4.79 Å². The van der Waals surface area contributed by atoms with E-state index < -0.39 is 11.6 Å². The van der Waals surface area contributed by atoms with Crippen LogP contribution in [0.15, 0.2) is 18.2 Å². The highest BCUT2D eigenvalue weighted by Gasteiger charge is 2.26. The fourth-order valence-electron chi connectivity index (χ4n) is 3.52. The molecule has 3 rings (SSSR count). The molecule has 2 aliphatic heterocycles. The number of amides is 3. The number of rotatable bonds is 4. The number of aromatic hydroxyl groups is 1. The number of halogens is 1. The lowest BCUT2D eigenvalue weighted by atomic mass is 10.1. The molecule has 148 valence electrons. The van der Waals surface area contributed by atoms with Gasteiger partial charge in [-0.3, -0.25) is 9.69 Å². The van der Waals surface area contributed by atoms with Gasteiger partial charge in [0, 0.05) is 39.3 Å². The maximum Gasteiger partial charge on any atom is 0.317 e. The maximum absolute atomic E-state index is 13.5. The van der Waals surface area contributed by atoms with Crippen molar-refractivity contribution in [2.75, 3.05) is 45.8 Å². The number of urea groups is 1. The van der Waals surface area contributed by atoms with Gasteiger partial charge in [0.15, 0.2) is 11.6 Å². The van der Waals surface area contributed by atoms with E-state index in [0.717, 1.165) is 25.9 Å². The fourth-order valence-corrected chi connectivity index (χ4v) is 3.52. The van der Waals surface area contributed by atoms with Gasteiger partial charge in [0.25, 0.3) is 0 Å². The molecule has 8 heteroatoms. The van der Waals surface area contributed by atoms with Crippen LogP contribution in [0.4, 0.5) is 9.18 Å². The van der Waals surface area contributed by atoms with E-state index in [1.807, 2.05) is 4.90 Å². The molecular weight excluding hydrogens is 351 g/mol. The fraction of sp³-hybridized carbons (Fsp3) is 0.579. The van der Waals surface area contributed by atoms with Crippen LogP contribution < -0.4 is 5.32 Å². The predicted molar refractivity (Wildman–Crippen MR) is 98.8 cm³/mol. The lowest BCUT2D eigenvalue weighted by Crippen LogP contribution is -2.53. The molecule has 2 heterocycles. The van der Waals surface area contributed by atoms with Crippen molar-refractivity contribution in [3.8, 4) is 5.75 Å². The highest BCUT2D eigenvalue weighted by Crippen LogP contribution is 2.21. The molecule has 2 saturated heterocycles. The number of carbonyl (C=O) groups excluding carboxylic acids is 2. The predicted octanol–water partition coefficient (Wildman–Crippen LogP) is 1.54. The molecule has 0 radical (unpaired) electrons. The summed E-state index contributed by atoms with van der Waals surface area (Å²) in [5, 5.41) is 12.1. The first-order valence-corrected chi connectivity index (χ1v) is 9.48.